The summed E-state index contributed by atoms with van der Waals surface area (Å²) in [5.74, 6) is -0.0633. The normalized spacial score (nSPS) is 10.5. The van der Waals surface area contributed by atoms with Gasteiger partial charge in [0.2, 0.25) is 0 Å². The SMILES string of the molecule is Cc1nc(-c2ccc(C(=O)NCc3ccccc3)cc2)c(C)s1. The van der Waals surface area contributed by atoms with Crippen LogP contribution in [0.4, 0.5) is 0 Å². The van der Waals surface area contributed by atoms with Crippen LogP contribution in [0.3, 0.4) is 0 Å². The van der Waals surface area contributed by atoms with Crippen LogP contribution in [0.25, 0.3) is 11.3 Å². The van der Waals surface area contributed by atoms with Crippen LogP contribution in [0.5, 0.6) is 0 Å². The molecule has 1 aromatic heterocycles. The van der Waals surface area contributed by atoms with Gasteiger partial charge in [-0.05, 0) is 31.5 Å². The molecule has 0 atom stereocenters. The van der Waals surface area contributed by atoms with Crippen LogP contribution in [-0.2, 0) is 6.54 Å². The van der Waals surface area contributed by atoms with Crippen molar-refractivity contribution >= 4 is 17.2 Å². The molecular weight excluding hydrogens is 304 g/mol. The minimum absolute atomic E-state index is 0.0633. The molecule has 0 aliphatic rings. The van der Waals surface area contributed by atoms with E-state index in [1.165, 1.54) is 4.88 Å². The monoisotopic (exact) mass is 322 g/mol. The van der Waals surface area contributed by atoms with Gasteiger partial charge in [-0.1, -0.05) is 42.5 Å². The van der Waals surface area contributed by atoms with E-state index in [-0.39, 0.29) is 5.91 Å². The Labute approximate surface area is 140 Å². The fraction of sp³-hybridized carbons (Fsp3) is 0.158. The molecule has 1 N–H and O–H groups in total. The quantitative estimate of drug-likeness (QED) is 0.775. The lowest BCUT2D eigenvalue weighted by molar-refractivity contribution is 0.0951. The Kier molecular flexibility index (Phi) is 4.53. The Balaban J connectivity index is 1.69. The topological polar surface area (TPSA) is 42.0 Å². The van der Waals surface area contributed by atoms with Crippen LogP contribution in [-0.4, -0.2) is 10.9 Å². The van der Waals surface area contributed by atoms with E-state index in [9.17, 15) is 4.79 Å². The van der Waals surface area contributed by atoms with Crippen molar-refractivity contribution < 1.29 is 4.79 Å². The van der Waals surface area contributed by atoms with Gasteiger partial charge in [0.25, 0.3) is 5.91 Å². The lowest BCUT2D eigenvalue weighted by Gasteiger charge is -2.06. The van der Waals surface area contributed by atoms with Gasteiger partial charge in [0.05, 0.1) is 10.7 Å². The molecule has 116 valence electrons. The van der Waals surface area contributed by atoms with E-state index in [2.05, 4.69) is 17.2 Å². The number of nitrogens with one attached hydrogen (secondary N) is 1. The molecule has 0 saturated carbocycles. The second kappa shape index (κ2) is 6.75. The molecule has 0 saturated heterocycles. The molecule has 3 nitrogen and oxygen atoms in total. The van der Waals surface area contributed by atoms with Crippen molar-refractivity contribution in [3.8, 4) is 11.3 Å². The summed E-state index contributed by atoms with van der Waals surface area (Å²) in [6.45, 7) is 4.61. The van der Waals surface area contributed by atoms with Crippen LogP contribution in [0.2, 0.25) is 0 Å². The third kappa shape index (κ3) is 3.66. The summed E-state index contributed by atoms with van der Waals surface area (Å²) in [7, 11) is 0. The van der Waals surface area contributed by atoms with E-state index in [0.717, 1.165) is 21.8 Å². The number of thiazole rings is 1. The summed E-state index contributed by atoms with van der Waals surface area (Å²) >= 11 is 1.69. The number of aromatic nitrogens is 1. The fourth-order valence-electron chi connectivity index (χ4n) is 2.46. The predicted molar refractivity (Wildman–Crippen MR) is 94.6 cm³/mol. The zero-order chi connectivity index (χ0) is 16.2. The maximum atomic E-state index is 12.2. The first kappa shape index (κ1) is 15.4. The van der Waals surface area contributed by atoms with E-state index in [0.29, 0.717) is 12.1 Å². The molecule has 2 aromatic carbocycles. The van der Waals surface area contributed by atoms with E-state index in [1.807, 2.05) is 61.5 Å². The molecule has 0 unspecified atom stereocenters. The third-order valence-corrected chi connectivity index (χ3v) is 4.51. The Morgan fingerprint density at radius 2 is 1.74 bits per heavy atom. The average molecular weight is 322 g/mol. The lowest BCUT2D eigenvalue weighted by atomic mass is 10.1. The molecule has 0 aliphatic heterocycles. The van der Waals surface area contributed by atoms with Crippen LogP contribution in [0, 0.1) is 13.8 Å². The van der Waals surface area contributed by atoms with Gasteiger partial charge in [0, 0.05) is 22.5 Å². The number of amides is 1. The molecule has 0 fully saturated rings. The minimum atomic E-state index is -0.0633. The molecule has 23 heavy (non-hydrogen) atoms. The van der Waals surface area contributed by atoms with E-state index in [4.69, 9.17) is 0 Å². The molecule has 0 radical (unpaired) electrons. The minimum Gasteiger partial charge on any atom is -0.348 e. The second-order valence-electron chi connectivity index (χ2n) is 5.38. The summed E-state index contributed by atoms with van der Waals surface area (Å²) < 4.78 is 0. The van der Waals surface area contributed by atoms with Crippen molar-refractivity contribution in [2.45, 2.75) is 20.4 Å². The summed E-state index contributed by atoms with van der Waals surface area (Å²) in [5.41, 5.74) is 3.80. The Hall–Kier alpha value is -2.46. The Morgan fingerprint density at radius 1 is 1.04 bits per heavy atom. The van der Waals surface area contributed by atoms with E-state index < -0.39 is 0 Å². The fourth-order valence-corrected chi connectivity index (χ4v) is 3.30. The molecular formula is C19H18N2OS. The van der Waals surface area contributed by atoms with Gasteiger partial charge in [-0.2, -0.15) is 0 Å². The first-order chi connectivity index (χ1) is 11.1. The number of benzene rings is 2. The highest BCUT2D eigenvalue weighted by Gasteiger charge is 2.09. The van der Waals surface area contributed by atoms with Crippen molar-refractivity contribution in [1.82, 2.24) is 10.3 Å². The summed E-state index contributed by atoms with van der Waals surface area (Å²) in [6, 6.07) is 17.5. The number of hydrogen-bond donors (Lipinski definition) is 1. The number of rotatable bonds is 4. The van der Waals surface area contributed by atoms with E-state index in [1.54, 1.807) is 11.3 Å². The van der Waals surface area contributed by atoms with Gasteiger partial charge >= 0.3 is 0 Å². The smallest absolute Gasteiger partial charge is 0.251 e. The maximum absolute atomic E-state index is 12.2. The van der Waals surface area contributed by atoms with Crippen LogP contribution < -0.4 is 5.32 Å². The predicted octanol–water partition coefficient (Wildman–Crippen LogP) is 4.36. The van der Waals surface area contributed by atoms with Crippen molar-refractivity contribution in [3.05, 3.63) is 75.6 Å². The molecule has 1 amide bonds. The summed E-state index contributed by atoms with van der Waals surface area (Å²) in [4.78, 5) is 18.0. The van der Waals surface area contributed by atoms with Crippen molar-refractivity contribution in [2.24, 2.45) is 0 Å². The molecule has 4 heteroatoms. The maximum Gasteiger partial charge on any atom is 0.251 e. The third-order valence-electron chi connectivity index (χ3n) is 3.62. The summed E-state index contributed by atoms with van der Waals surface area (Å²) in [5, 5.41) is 4.00. The highest BCUT2D eigenvalue weighted by Crippen LogP contribution is 2.27. The van der Waals surface area contributed by atoms with Crippen molar-refractivity contribution in [3.63, 3.8) is 0 Å². The average Bonchev–Trinajstić information content (AvgIpc) is 2.92. The standard InChI is InChI=1S/C19H18N2OS/c1-13-18(21-14(2)23-13)16-8-10-17(11-9-16)19(22)20-12-15-6-4-3-5-7-15/h3-11H,12H2,1-2H3,(H,20,22). The van der Waals surface area contributed by atoms with Gasteiger partial charge in [-0.3, -0.25) is 4.79 Å². The number of hydrogen-bond acceptors (Lipinski definition) is 3. The Bertz CT molecular complexity index is 807. The number of carbonyl (C=O) groups excluding carboxylic acids is 1. The van der Waals surface area contributed by atoms with Crippen LogP contribution >= 0.6 is 11.3 Å². The first-order valence-electron chi connectivity index (χ1n) is 7.50. The zero-order valence-corrected chi connectivity index (χ0v) is 14.0. The van der Waals surface area contributed by atoms with Gasteiger partial charge in [-0.15, -0.1) is 11.3 Å². The number of carbonyl (C=O) groups is 1. The van der Waals surface area contributed by atoms with Crippen molar-refractivity contribution in [1.29, 1.82) is 0 Å². The number of aryl methyl sites for hydroxylation is 2. The molecule has 0 aliphatic carbocycles. The Morgan fingerprint density at radius 3 is 2.35 bits per heavy atom. The van der Waals surface area contributed by atoms with Gasteiger partial charge in [-0.25, -0.2) is 4.98 Å². The number of nitrogens with zero attached hydrogens (tertiary/aromatic N) is 1. The largest absolute Gasteiger partial charge is 0.348 e. The van der Waals surface area contributed by atoms with Gasteiger partial charge in [0.1, 0.15) is 0 Å². The van der Waals surface area contributed by atoms with Crippen LogP contribution in [0.1, 0.15) is 25.8 Å². The van der Waals surface area contributed by atoms with Gasteiger partial charge in [0.15, 0.2) is 0 Å². The van der Waals surface area contributed by atoms with Crippen LogP contribution in [0.15, 0.2) is 54.6 Å². The molecule has 3 aromatic rings. The second-order valence-corrected chi connectivity index (χ2v) is 6.79. The zero-order valence-electron chi connectivity index (χ0n) is 13.2. The molecule has 3 rings (SSSR count). The molecule has 0 spiro atoms. The highest BCUT2D eigenvalue weighted by atomic mass is 32.1. The molecule has 1 heterocycles. The van der Waals surface area contributed by atoms with Gasteiger partial charge < -0.3 is 5.32 Å². The van der Waals surface area contributed by atoms with Crippen molar-refractivity contribution in [2.75, 3.05) is 0 Å². The highest BCUT2D eigenvalue weighted by molar-refractivity contribution is 7.11. The summed E-state index contributed by atoms with van der Waals surface area (Å²) in [6.07, 6.45) is 0. The lowest BCUT2D eigenvalue weighted by Crippen LogP contribution is -2.22. The van der Waals surface area contributed by atoms with E-state index >= 15 is 0 Å². The first-order valence-corrected chi connectivity index (χ1v) is 8.32. The molecule has 0 bridgehead atoms.